The number of carbonyl (C=O) groups is 2. The molecule has 6 nitrogen and oxygen atoms in total. The number of fused-ring (bicyclic) bond motifs is 1. The van der Waals surface area contributed by atoms with Gasteiger partial charge in [0, 0.05) is 28.9 Å². The molecule has 0 saturated heterocycles. The molecule has 0 spiro atoms. The van der Waals surface area contributed by atoms with Gasteiger partial charge in [-0.15, -0.1) is 0 Å². The molecule has 0 radical (unpaired) electrons. The van der Waals surface area contributed by atoms with Crippen LogP contribution in [0.4, 0.5) is 0 Å². The van der Waals surface area contributed by atoms with Gasteiger partial charge in [-0.2, -0.15) is 0 Å². The molecule has 2 amide bonds. The van der Waals surface area contributed by atoms with Crippen molar-refractivity contribution in [2.24, 2.45) is 0 Å². The molecule has 0 bridgehead atoms. The van der Waals surface area contributed by atoms with Crippen LogP contribution >= 0.6 is 11.6 Å². The Bertz CT molecular complexity index is 1510. The molecule has 0 N–H and O–H groups in total. The maximum Gasteiger partial charge on any atom is 0.261 e. The normalized spacial score (nSPS) is 11.7. The van der Waals surface area contributed by atoms with Gasteiger partial charge in [-0.05, 0) is 29.8 Å². The molecule has 5 rings (SSSR count). The summed E-state index contributed by atoms with van der Waals surface area (Å²) < 4.78 is 0. The zero-order chi connectivity index (χ0) is 24.2. The molecule has 0 fully saturated rings. The first kappa shape index (κ1) is 22.4. The summed E-state index contributed by atoms with van der Waals surface area (Å²) in [7, 11) is 0. The third-order valence-electron chi connectivity index (χ3n) is 5.69. The molecule has 3 aromatic carbocycles. The first-order chi connectivity index (χ1) is 17.2. The lowest BCUT2D eigenvalue weighted by Gasteiger charge is -2.27. The molecule has 0 saturated carbocycles. The maximum atomic E-state index is 13.4. The third-order valence-corrected chi connectivity index (χ3v) is 5.98. The van der Waals surface area contributed by atoms with E-state index in [2.05, 4.69) is 9.97 Å². The number of benzene rings is 3. The zero-order valence-electron chi connectivity index (χ0n) is 18.5. The fraction of sp³-hybridized carbons (Fsp3) is 0.0357. The molecule has 7 heteroatoms. The van der Waals surface area contributed by atoms with E-state index in [4.69, 9.17) is 16.6 Å². The number of amides is 2. The van der Waals surface area contributed by atoms with Gasteiger partial charge in [-0.25, -0.2) is 9.97 Å². The highest BCUT2D eigenvalue weighted by molar-refractivity contribution is 6.30. The number of carbonyl (C=O) groups excluding carboxylic acids is 2. The molecule has 35 heavy (non-hydrogen) atoms. The molecule has 2 aromatic heterocycles. The van der Waals surface area contributed by atoms with Gasteiger partial charge in [-0.1, -0.05) is 78.3 Å². The summed E-state index contributed by atoms with van der Waals surface area (Å²) in [5.41, 5.74) is 3.82. The van der Waals surface area contributed by atoms with Crippen LogP contribution in [0.1, 0.15) is 27.7 Å². The predicted molar refractivity (Wildman–Crippen MR) is 135 cm³/mol. The van der Waals surface area contributed by atoms with Crippen molar-refractivity contribution in [3.05, 3.63) is 125 Å². The van der Waals surface area contributed by atoms with E-state index in [0.29, 0.717) is 28.7 Å². The van der Waals surface area contributed by atoms with E-state index in [0.717, 1.165) is 21.5 Å². The van der Waals surface area contributed by atoms with E-state index in [-0.39, 0.29) is 5.15 Å². The fourth-order valence-corrected chi connectivity index (χ4v) is 4.20. The Morgan fingerprint density at radius 1 is 0.857 bits per heavy atom. The Balaban J connectivity index is 1.66. The molecule has 1 unspecified atom stereocenters. The maximum absolute atomic E-state index is 13.4. The van der Waals surface area contributed by atoms with Gasteiger partial charge >= 0.3 is 0 Å². The highest BCUT2D eigenvalue weighted by Crippen LogP contribution is 2.33. The van der Waals surface area contributed by atoms with Crippen molar-refractivity contribution in [1.82, 2.24) is 19.9 Å². The van der Waals surface area contributed by atoms with E-state index < -0.39 is 11.9 Å². The van der Waals surface area contributed by atoms with E-state index >= 15 is 0 Å². The number of hydrogen-bond donors (Lipinski definition) is 0. The molecule has 1 atom stereocenters. The minimum atomic E-state index is -0.895. The standard InChI is InChI=1S/C28H19ClN4O2/c29-27-25(30-15-16-31-27)26(33(18-34)28(35)21-9-5-2-6-10-21)22-12-11-20-13-14-23(32-24(20)17-22)19-7-3-1-4-8-19/h1-18,26H. The summed E-state index contributed by atoms with van der Waals surface area (Å²) in [5.74, 6) is -0.474. The van der Waals surface area contributed by atoms with E-state index in [1.54, 1.807) is 30.3 Å². The van der Waals surface area contributed by atoms with Crippen LogP contribution in [0.3, 0.4) is 0 Å². The second-order valence-corrected chi connectivity index (χ2v) is 8.19. The number of hydrogen-bond acceptors (Lipinski definition) is 5. The van der Waals surface area contributed by atoms with Crippen LogP contribution in [0.5, 0.6) is 0 Å². The summed E-state index contributed by atoms with van der Waals surface area (Å²) in [6, 6.07) is 27.1. The third kappa shape index (κ3) is 4.52. The van der Waals surface area contributed by atoms with Crippen molar-refractivity contribution >= 4 is 34.8 Å². The fourth-order valence-electron chi connectivity index (χ4n) is 4.00. The molecular weight excluding hydrogens is 460 g/mol. The van der Waals surface area contributed by atoms with Crippen molar-refractivity contribution in [2.75, 3.05) is 0 Å². The van der Waals surface area contributed by atoms with Crippen molar-refractivity contribution < 1.29 is 9.59 Å². The number of rotatable bonds is 6. The SMILES string of the molecule is O=CN(C(=O)c1ccccc1)C(c1ccc2ccc(-c3ccccc3)nc2c1)c1nccnc1Cl. The Hall–Kier alpha value is -4.42. The number of nitrogens with zero attached hydrogens (tertiary/aromatic N) is 4. The van der Waals surface area contributed by atoms with E-state index in [1.807, 2.05) is 60.7 Å². The molecule has 0 aliphatic rings. The lowest BCUT2D eigenvalue weighted by molar-refractivity contribution is -0.117. The summed E-state index contributed by atoms with van der Waals surface area (Å²) in [4.78, 5) is 40.1. The molecular formula is C28H19ClN4O2. The Kier molecular flexibility index (Phi) is 6.28. The summed E-state index contributed by atoms with van der Waals surface area (Å²) >= 11 is 6.40. The minimum Gasteiger partial charge on any atom is -0.278 e. The van der Waals surface area contributed by atoms with E-state index in [9.17, 15) is 9.59 Å². The molecule has 0 aliphatic heterocycles. The zero-order valence-corrected chi connectivity index (χ0v) is 19.2. The monoisotopic (exact) mass is 478 g/mol. The molecule has 2 heterocycles. The van der Waals surface area contributed by atoms with Crippen LogP contribution in [0, 0.1) is 0 Å². The van der Waals surface area contributed by atoms with Crippen LogP contribution in [0.25, 0.3) is 22.2 Å². The van der Waals surface area contributed by atoms with Gasteiger partial charge < -0.3 is 0 Å². The van der Waals surface area contributed by atoms with E-state index in [1.165, 1.54) is 12.4 Å². The van der Waals surface area contributed by atoms with Crippen LogP contribution in [-0.2, 0) is 4.79 Å². The first-order valence-corrected chi connectivity index (χ1v) is 11.3. The summed E-state index contributed by atoms with van der Waals surface area (Å²) in [6.07, 6.45) is 3.45. The lowest BCUT2D eigenvalue weighted by atomic mass is 9.99. The highest BCUT2D eigenvalue weighted by Gasteiger charge is 2.31. The van der Waals surface area contributed by atoms with Gasteiger partial charge in [0.25, 0.3) is 5.91 Å². The average molecular weight is 479 g/mol. The first-order valence-electron chi connectivity index (χ1n) is 10.9. The van der Waals surface area contributed by atoms with Crippen LogP contribution in [-0.4, -0.2) is 32.2 Å². The van der Waals surface area contributed by atoms with Crippen LogP contribution < -0.4 is 0 Å². The van der Waals surface area contributed by atoms with Crippen molar-refractivity contribution in [2.45, 2.75) is 6.04 Å². The number of halogens is 1. The Labute approximate surface area is 206 Å². The van der Waals surface area contributed by atoms with Gasteiger partial charge in [0.05, 0.1) is 11.2 Å². The van der Waals surface area contributed by atoms with Crippen LogP contribution in [0.15, 0.2) is 103 Å². The average Bonchev–Trinajstić information content (AvgIpc) is 2.92. The largest absolute Gasteiger partial charge is 0.278 e. The molecule has 0 aliphatic carbocycles. The number of pyridine rings is 1. The number of aromatic nitrogens is 3. The second kappa shape index (κ2) is 9.83. The highest BCUT2D eigenvalue weighted by atomic mass is 35.5. The van der Waals surface area contributed by atoms with Gasteiger partial charge in [0.2, 0.25) is 6.41 Å². The quantitative estimate of drug-likeness (QED) is 0.291. The lowest BCUT2D eigenvalue weighted by Crippen LogP contribution is -2.35. The predicted octanol–water partition coefficient (Wildman–Crippen LogP) is 5.73. The number of imide groups is 1. The van der Waals surface area contributed by atoms with Crippen LogP contribution in [0.2, 0.25) is 5.15 Å². The van der Waals surface area contributed by atoms with Gasteiger partial charge in [-0.3, -0.25) is 19.5 Å². The van der Waals surface area contributed by atoms with Gasteiger partial charge in [0.15, 0.2) is 5.15 Å². The second-order valence-electron chi connectivity index (χ2n) is 7.83. The Morgan fingerprint density at radius 3 is 2.26 bits per heavy atom. The Morgan fingerprint density at radius 2 is 1.54 bits per heavy atom. The smallest absolute Gasteiger partial charge is 0.261 e. The topological polar surface area (TPSA) is 76.1 Å². The molecule has 170 valence electrons. The van der Waals surface area contributed by atoms with Crippen molar-refractivity contribution in [1.29, 1.82) is 0 Å². The minimum absolute atomic E-state index is 0.108. The molecule has 5 aromatic rings. The summed E-state index contributed by atoms with van der Waals surface area (Å²) in [5, 5.41) is 1.03. The van der Waals surface area contributed by atoms with Crippen molar-refractivity contribution in [3.63, 3.8) is 0 Å². The van der Waals surface area contributed by atoms with Gasteiger partial charge in [0.1, 0.15) is 11.7 Å². The van der Waals surface area contributed by atoms with Crippen molar-refractivity contribution in [3.8, 4) is 11.3 Å². The summed E-state index contributed by atoms with van der Waals surface area (Å²) in [6.45, 7) is 0.